The van der Waals surface area contributed by atoms with E-state index in [0.29, 0.717) is 25.6 Å². The Balaban J connectivity index is 2.40. The van der Waals surface area contributed by atoms with Gasteiger partial charge in [-0.1, -0.05) is 0 Å². The summed E-state index contributed by atoms with van der Waals surface area (Å²) >= 11 is 0. The second kappa shape index (κ2) is 7.71. The van der Waals surface area contributed by atoms with Crippen LogP contribution < -0.4 is 11.1 Å². The number of nitrogens with zero attached hydrogens (tertiary/aromatic N) is 2. The van der Waals surface area contributed by atoms with Gasteiger partial charge >= 0.3 is 0 Å². The second-order valence-electron chi connectivity index (χ2n) is 5.21. The van der Waals surface area contributed by atoms with Crippen molar-refractivity contribution in [3.63, 3.8) is 0 Å². The molecule has 18 heavy (non-hydrogen) atoms. The van der Waals surface area contributed by atoms with Gasteiger partial charge in [0.05, 0.1) is 0 Å². The van der Waals surface area contributed by atoms with Crippen LogP contribution in [-0.4, -0.2) is 67.1 Å². The molecular weight excluding hydrogens is 228 g/mol. The molecule has 0 spiro atoms. The molecule has 0 aromatic rings. The number of hydrogen-bond acceptors (Lipinski definition) is 4. The highest BCUT2D eigenvalue weighted by atomic mass is 16.1. The number of nitrogens with two attached hydrogens (primary N) is 1. The van der Waals surface area contributed by atoms with Crippen molar-refractivity contribution in [2.45, 2.75) is 39.3 Å². The molecule has 1 unspecified atom stereocenters. The number of nitrogens with one attached hydrogen (secondary N) is 1. The van der Waals surface area contributed by atoms with E-state index in [9.17, 15) is 4.79 Å². The number of amides is 1. The topological polar surface area (TPSA) is 61.6 Å². The number of carbonyl (C=O) groups is 1. The summed E-state index contributed by atoms with van der Waals surface area (Å²) < 4.78 is 0. The lowest BCUT2D eigenvalue weighted by molar-refractivity contribution is -0.122. The van der Waals surface area contributed by atoms with E-state index in [1.54, 1.807) is 0 Å². The van der Waals surface area contributed by atoms with Gasteiger partial charge in [-0.3, -0.25) is 14.6 Å². The molecule has 3 N–H and O–H groups in total. The van der Waals surface area contributed by atoms with Gasteiger partial charge < -0.3 is 11.1 Å². The van der Waals surface area contributed by atoms with Crippen molar-refractivity contribution >= 4 is 5.91 Å². The summed E-state index contributed by atoms with van der Waals surface area (Å²) in [6.07, 6.45) is 0.520. The minimum atomic E-state index is 0.110. The fourth-order valence-corrected chi connectivity index (χ4v) is 2.46. The van der Waals surface area contributed by atoms with Crippen LogP contribution in [0.3, 0.4) is 0 Å². The first-order chi connectivity index (χ1) is 8.58. The maximum Gasteiger partial charge on any atom is 0.221 e. The van der Waals surface area contributed by atoms with E-state index in [0.717, 1.165) is 26.2 Å². The van der Waals surface area contributed by atoms with Crippen molar-refractivity contribution in [3.05, 3.63) is 0 Å². The molecule has 1 fully saturated rings. The summed E-state index contributed by atoms with van der Waals surface area (Å²) in [7, 11) is 0. The van der Waals surface area contributed by atoms with E-state index in [4.69, 9.17) is 5.73 Å². The van der Waals surface area contributed by atoms with Crippen LogP contribution in [0.5, 0.6) is 0 Å². The Morgan fingerprint density at radius 3 is 2.22 bits per heavy atom. The van der Waals surface area contributed by atoms with E-state index in [2.05, 4.69) is 29.0 Å². The molecule has 0 aliphatic carbocycles. The zero-order valence-corrected chi connectivity index (χ0v) is 12.0. The summed E-state index contributed by atoms with van der Waals surface area (Å²) in [6.45, 7) is 11.8. The summed E-state index contributed by atoms with van der Waals surface area (Å²) in [5.74, 6) is 0.110. The standard InChI is InChI=1S/C13H28N4O/c1-4-15-13(18)9-12(10-14)17-7-5-16(6-8-17)11(2)3/h11-12H,4-10,14H2,1-3H3,(H,15,18). The third-order valence-electron chi connectivity index (χ3n) is 3.66. The molecule has 1 heterocycles. The van der Waals surface area contributed by atoms with Gasteiger partial charge in [0, 0.05) is 57.8 Å². The molecular formula is C13H28N4O. The van der Waals surface area contributed by atoms with Gasteiger partial charge in [-0.25, -0.2) is 0 Å². The Kier molecular flexibility index (Phi) is 6.60. The fraction of sp³-hybridized carbons (Fsp3) is 0.923. The third kappa shape index (κ3) is 4.55. The van der Waals surface area contributed by atoms with Gasteiger partial charge in [-0.15, -0.1) is 0 Å². The van der Waals surface area contributed by atoms with Gasteiger partial charge in [0.2, 0.25) is 5.91 Å². The minimum absolute atomic E-state index is 0.110. The zero-order chi connectivity index (χ0) is 13.5. The molecule has 5 heteroatoms. The lowest BCUT2D eigenvalue weighted by Crippen LogP contribution is -2.54. The number of hydrogen-bond donors (Lipinski definition) is 2. The van der Waals surface area contributed by atoms with Gasteiger partial charge in [-0.2, -0.15) is 0 Å². The Hall–Kier alpha value is -0.650. The molecule has 1 amide bonds. The molecule has 5 nitrogen and oxygen atoms in total. The predicted molar refractivity (Wildman–Crippen MR) is 74.4 cm³/mol. The quantitative estimate of drug-likeness (QED) is 0.695. The van der Waals surface area contributed by atoms with Gasteiger partial charge in [0.15, 0.2) is 0 Å². The van der Waals surface area contributed by atoms with Crippen molar-refractivity contribution in [3.8, 4) is 0 Å². The Labute approximate surface area is 111 Å². The average molecular weight is 256 g/mol. The molecule has 1 rings (SSSR count). The molecule has 1 aliphatic heterocycles. The Bertz CT molecular complexity index is 249. The van der Waals surface area contributed by atoms with E-state index >= 15 is 0 Å². The fourth-order valence-electron chi connectivity index (χ4n) is 2.46. The third-order valence-corrected chi connectivity index (χ3v) is 3.66. The Morgan fingerprint density at radius 1 is 1.22 bits per heavy atom. The largest absolute Gasteiger partial charge is 0.356 e. The maximum absolute atomic E-state index is 11.6. The van der Waals surface area contributed by atoms with Crippen molar-refractivity contribution < 1.29 is 4.79 Å². The first kappa shape index (κ1) is 15.4. The molecule has 106 valence electrons. The van der Waals surface area contributed by atoms with Crippen LogP contribution in [0.1, 0.15) is 27.2 Å². The van der Waals surface area contributed by atoms with E-state index < -0.39 is 0 Å². The van der Waals surface area contributed by atoms with Gasteiger partial charge in [0.1, 0.15) is 0 Å². The van der Waals surface area contributed by atoms with Crippen LogP contribution >= 0.6 is 0 Å². The molecule has 0 radical (unpaired) electrons. The van der Waals surface area contributed by atoms with Crippen LogP contribution in [0.25, 0.3) is 0 Å². The monoisotopic (exact) mass is 256 g/mol. The van der Waals surface area contributed by atoms with E-state index in [-0.39, 0.29) is 11.9 Å². The highest BCUT2D eigenvalue weighted by Gasteiger charge is 2.25. The molecule has 1 aliphatic rings. The highest BCUT2D eigenvalue weighted by Crippen LogP contribution is 2.10. The van der Waals surface area contributed by atoms with Crippen LogP contribution in [0, 0.1) is 0 Å². The van der Waals surface area contributed by atoms with Gasteiger partial charge in [-0.05, 0) is 20.8 Å². The number of carbonyl (C=O) groups excluding carboxylic acids is 1. The Morgan fingerprint density at radius 2 is 1.78 bits per heavy atom. The maximum atomic E-state index is 11.6. The number of piperazine rings is 1. The average Bonchev–Trinajstić information content (AvgIpc) is 2.36. The van der Waals surface area contributed by atoms with Crippen molar-refractivity contribution in [1.29, 1.82) is 0 Å². The van der Waals surface area contributed by atoms with Crippen LogP contribution in [0.15, 0.2) is 0 Å². The summed E-state index contributed by atoms with van der Waals surface area (Å²) in [6, 6.07) is 0.790. The van der Waals surface area contributed by atoms with Crippen LogP contribution in [0.4, 0.5) is 0 Å². The van der Waals surface area contributed by atoms with Crippen LogP contribution in [0.2, 0.25) is 0 Å². The van der Waals surface area contributed by atoms with Gasteiger partial charge in [0.25, 0.3) is 0 Å². The SMILES string of the molecule is CCNC(=O)CC(CN)N1CCN(C(C)C)CC1. The minimum Gasteiger partial charge on any atom is -0.356 e. The normalized spacial score (nSPS) is 20.1. The summed E-state index contributed by atoms with van der Waals surface area (Å²) in [5, 5.41) is 2.84. The first-order valence-electron chi connectivity index (χ1n) is 7.03. The van der Waals surface area contributed by atoms with Crippen LogP contribution in [-0.2, 0) is 4.79 Å². The van der Waals surface area contributed by atoms with E-state index in [1.807, 2.05) is 6.92 Å². The molecule has 0 aromatic heterocycles. The lowest BCUT2D eigenvalue weighted by atomic mass is 10.1. The molecule has 0 bridgehead atoms. The molecule has 0 aromatic carbocycles. The molecule has 1 atom stereocenters. The number of rotatable bonds is 6. The van der Waals surface area contributed by atoms with E-state index in [1.165, 1.54) is 0 Å². The lowest BCUT2D eigenvalue weighted by Gasteiger charge is -2.40. The summed E-state index contributed by atoms with van der Waals surface area (Å²) in [5.41, 5.74) is 5.81. The molecule has 0 saturated carbocycles. The second-order valence-corrected chi connectivity index (χ2v) is 5.21. The van der Waals surface area contributed by atoms with Crippen molar-refractivity contribution in [2.24, 2.45) is 5.73 Å². The molecule has 1 saturated heterocycles. The van der Waals surface area contributed by atoms with Crippen molar-refractivity contribution in [2.75, 3.05) is 39.3 Å². The van der Waals surface area contributed by atoms with Crippen molar-refractivity contribution in [1.82, 2.24) is 15.1 Å². The highest BCUT2D eigenvalue weighted by molar-refractivity contribution is 5.76. The zero-order valence-electron chi connectivity index (χ0n) is 12.0. The summed E-state index contributed by atoms with van der Waals surface area (Å²) in [4.78, 5) is 16.4. The predicted octanol–water partition coefficient (Wildman–Crippen LogP) is -0.134. The smallest absolute Gasteiger partial charge is 0.221 e. The first-order valence-corrected chi connectivity index (χ1v) is 7.03.